The largest absolute Gasteiger partial charge is 0.490 e. The smallest absolute Gasteiger partial charge is 0.390 e. The van der Waals surface area contributed by atoms with Gasteiger partial charge in [-0.1, -0.05) is 4.98 Å². The Bertz CT molecular complexity index is 331. The van der Waals surface area contributed by atoms with Crippen LogP contribution in [0.4, 0.5) is 5.95 Å². The van der Waals surface area contributed by atoms with E-state index in [9.17, 15) is 10.1 Å². The number of hydrogen-bond acceptors (Lipinski definition) is 5. The summed E-state index contributed by atoms with van der Waals surface area (Å²) >= 11 is 0. The molecule has 7 heteroatoms. The zero-order valence-corrected chi connectivity index (χ0v) is 7.59. The van der Waals surface area contributed by atoms with Crippen LogP contribution in [0.25, 0.3) is 0 Å². The first-order valence-electron chi connectivity index (χ1n) is 4.53. The molecular weight excluding hydrogens is 186 g/mol. The first-order valence-corrected chi connectivity index (χ1v) is 4.53. The second-order valence-electron chi connectivity index (χ2n) is 3.32. The molecule has 14 heavy (non-hydrogen) atoms. The van der Waals surface area contributed by atoms with E-state index in [2.05, 4.69) is 15.4 Å². The number of nitrogens with one attached hydrogen (secondary N) is 1. The van der Waals surface area contributed by atoms with Crippen molar-refractivity contribution in [1.29, 1.82) is 0 Å². The van der Waals surface area contributed by atoms with Crippen molar-refractivity contribution in [1.82, 2.24) is 20.1 Å². The van der Waals surface area contributed by atoms with E-state index in [1.807, 2.05) is 0 Å². The van der Waals surface area contributed by atoms with Crippen molar-refractivity contribution in [3.8, 4) is 0 Å². The molecule has 0 spiro atoms. The maximum absolute atomic E-state index is 10.3. The molecule has 2 heterocycles. The third kappa shape index (κ3) is 1.87. The summed E-state index contributed by atoms with van der Waals surface area (Å²) in [5.74, 6) is -0.331. The summed E-state index contributed by atoms with van der Waals surface area (Å²) in [6, 6.07) is 0.372. The molecule has 2 rings (SSSR count). The second kappa shape index (κ2) is 3.70. The van der Waals surface area contributed by atoms with Crippen LogP contribution in [-0.4, -0.2) is 32.3 Å². The molecule has 1 fully saturated rings. The van der Waals surface area contributed by atoms with E-state index < -0.39 is 4.92 Å². The Kier molecular flexibility index (Phi) is 2.40. The first-order chi connectivity index (χ1) is 6.75. The fraction of sp³-hybridized carbons (Fsp3) is 0.714. The molecule has 1 aromatic rings. The summed E-state index contributed by atoms with van der Waals surface area (Å²) in [6.45, 7) is 1.67. The molecule has 1 atom stereocenters. The summed E-state index contributed by atoms with van der Waals surface area (Å²) < 4.78 is 1.52. The van der Waals surface area contributed by atoms with Gasteiger partial charge < -0.3 is 15.4 Å². The summed E-state index contributed by atoms with van der Waals surface area (Å²) in [5.41, 5.74) is 0. The average Bonchev–Trinajstić information content (AvgIpc) is 2.75. The van der Waals surface area contributed by atoms with Crippen molar-refractivity contribution in [2.45, 2.75) is 25.4 Å². The van der Waals surface area contributed by atoms with Crippen LogP contribution in [0.15, 0.2) is 6.33 Å². The number of nitro groups is 1. The summed E-state index contributed by atoms with van der Waals surface area (Å²) in [7, 11) is 0. The number of nitrogens with zero attached hydrogens (tertiary/aromatic N) is 4. The van der Waals surface area contributed by atoms with Gasteiger partial charge in [-0.15, -0.1) is 0 Å². The predicted octanol–water partition coefficient (Wildman–Crippen LogP) is -0.0617. The van der Waals surface area contributed by atoms with Crippen molar-refractivity contribution < 1.29 is 4.92 Å². The van der Waals surface area contributed by atoms with Crippen LogP contribution in [-0.2, 0) is 6.54 Å². The Hall–Kier alpha value is -1.50. The Morgan fingerprint density at radius 2 is 2.64 bits per heavy atom. The zero-order valence-electron chi connectivity index (χ0n) is 7.59. The van der Waals surface area contributed by atoms with Crippen LogP contribution in [0.3, 0.4) is 0 Å². The second-order valence-corrected chi connectivity index (χ2v) is 3.32. The first kappa shape index (κ1) is 9.07. The average molecular weight is 197 g/mol. The fourth-order valence-electron chi connectivity index (χ4n) is 1.59. The molecule has 1 aliphatic heterocycles. The SMILES string of the molecule is O=[N+]([O-])c1ncn(C[C@H]2CCCN2)n1. The van der Waals surface area contributed by atoms with Crippen LogP contribution in [0, 0.1) is 10.1 Å². The molecule has 0 unspecified atom stereocenters. The van der Waals surface area contributed by atoms with Gasteiger partial charge >= 0.3 is 5.95 Å². The maximum atomic E-state index is 10.3. The standard InChI is InChI=1S/C7H11N5O2/c13-12(14)7-9-5-11(10-7)4-6-2-1-3-8-6/h5-6,8H,1-4H2/t6-/m1/s1. The number of hydrogen-bond donors (Lipinski definition) is 1. The Balaban J connectivity index is 1.98. The van der Waals surface area contributed by atoms with Crippen LogP contribution in [0.2, 0.25) is 0 Å². The lowest BCUT2D eigenvalue weighted by molar-refractivity contribution is -0.394. The topological polar surface area (TPSA) is 85.9 Å². The minimum Gasteiger partial charge on any atom is -0.390 e. The van der Waals surface area contributed by atoms with E-state index in [1.54, 1.807) is 0 Å². The third-order valence-corrected chi connectivity index (χ3v) is 2.26. The highest BCUT2D eigenvalue weighted by atomic mass is 16.6. The highest BCUT2D eigenvalue weighted by molar-refractivity contribution is 4.97. The molecule has 1 N–H and O–H groups in total. The number of aromatic nitrogens is 3. The van der Waals surface area contributed by atoms with Crippen molar-refractivity contribution in [2.75, 3.05) is 6.54 Å². The minimum absolute atomic E-state index is 0.331. The lowest BCUT2D eigenvalue weighted by Crippen LogP contribution is -2.26. The summed E-state index contributed by atoms with van der Waals surface area (Å²) in [5, 5.41) is 17.3. The van der Waals surface area contributed by atoms with Crippen molar-refractivity contribution in [2.24, 2.45) is 0 Å². The highest BCUT2D eigenvalue weighted by Gasteiger charge is 2.19. The van der Waals surface area contributed by atoms with Gasteiger partial charge in [0.1, 0.15) is 0 Å². The zero-order chi connectivity index (χ0) is 9.97. The molecule has 0 amide bonds. The van der Waals surface area contributed by atoms with Crippen LogP contribution in [0.5, 0.6) is 0 Å². The quantitative estimate of drug-likeness (QED) is 0.541. The number of rotatable bonds is 3. The van der Waals surface area contributed by atoms with Gasteiger partial charge in [0.05, 0.1) is 6.54 Å². The van der Waals surface area contributed by atoms with E-state index in [0.29, 0.717) is 12.6 Å². The maximum Gasteiger partial charge on any atom is 0.490 e. The van der Waals surface area contributed by atoms with Crippen molar-refractivity contribution in [3.63, 3.8) is 0 Å². The molecule has 0 aliphatic carbocycles. The molecule has 0 bridgehead atoms. The normalized spacial score (nSPS) is 21.3. The van der Waals surface area contributed by atoms with Gasteiger partial charge in [0.15, 0.2) is 0 Å². The summed E-state index contributed by atoms with van der Waals surface area (Å²) in [4.78, 5) is 13.3. The van der Waals surface area contributed by atoms with Crippen molar-refractivity contribution in [3.05, 3.63) is 16.4 Å². The Labute approximate surface area is 80.3 Å². The molecule has 1 aromatic heterocycles. The Morgan fingerprint density at radius 3 is 3.21 bits per heavy atom. The van der Waals surface area contributed by atoms with Gasteiger partial charge in [0.25, 0.3) is 0 Å². The van der Waals surface area contributed by atoms with Gasteiger partial charge in [0.2, 0.25) is 6.33 Å². The molecule has 1 saturated heterocycles. The van der Waals surface area contributed by atoms with E-state index in [4.69, 9.17) is 0 Å². The molecule has 0 radical (unpaired) electrons. The van der Waals surface area contributed by atoms with Crippen LogP contribution in [0.1, 0.15) is 12.8 Å². The fourth-order valence-corrected chi connectivity index (χ4v) is 1.59. The molecule has 76 valence electrons. The van der Waals surface area contributed by atoms with Crippen LogP contribution < -0.4 is 5.32 Å². The van der Waals surface area contributed by atoms with Gasteiger partial charge in [-0.25, -0.2) is 0 Å². The van der Waals surface area contributed by atoms with E-state index in [-0.39, 0.29) is 5.95 Å². The predicted molar refractivity (Wildman–Crippen MR) is 47.7 cm³/mol. The monoisotopic (exact) mass is 197 g/mol. The molecular formula is C7H11N5O2. The van der Waals surface area contributed by atoms with Gasteiger partial charge in [0, 0.05) is 11.1 Å². The van der Waals surface area contributed by atoms with Gasteiger partial charge in [-0.2, -0.15) is 4.68 Å². The third-order valence-electron chi connectivity index (χ3n) is 2.26. The van der Waals surface area contributed by atoms with E-state index in [1.165, 1.54) is 11.0 Å². The summed E-state index contributed by atoms with van der Waals surface area (Å²) in [6.07, 6.45) is 3.65. The van der Waals surface area contributed by atoms with Gasteiger partial charge in [-0.3, -0.25) is 0 Å². The van der Waals surface area contributed by atoms with E-state index >= 15 is 0 Å². The van der Waals surface area contributed by atoms with Gasteiger partial charge in [-0.05, 0) is 24.3 Å². The lowest BCUT2D eigenvalue weighted by Gasteiger charge is -2.05. The molecule has 7 nitrogen and oxygen atoms in total. The van der Waals surface area contributed by atoms with Crippen LogP contribution >= 0.6 is 0 Å². The van der Waals surface area contributed by atoms with E-state index in [0.717, 1.165) is 19.4 Å². The molecule has 0 aromatic carbocycles. The Morgan fingerprint density at radius 1 is 1.79 bits per heavy atom. The lowest BCUT2D eigenvalue weighted by atomic mass is 10.2. The molecule has 0 saturated carbocycles. The van der Waals surface area contributed by atoms with Crippen molar-refractivity contribution >= 4 is 5.95 Å². The highest BCUT2D eigenvalue weighted by Crippen LogP contribution is 2.08. The molecule has 1 aliphatic rings. The minimum atomic E-state index is -0.585.